The summed E-state index contributed by atoms with van der Waals surface area (Å²) in [5, 5.41) is 11.0. The maximum Gasteiger partial charge on any atom is 0.293 e. The Morgan fingerprint density at radius 2 is 1.54 bits per heavy atom. The third-order valence-corrected chi connectivity index (χ3v) is 6.16. The largest absolute Gasteiger partial charge is 0.492 e. The summed E-state index contributed by atoms with van der Waals surface area (Å²) in [6, 6.07) is 20.0. The maximum absolute atomic E-state index is 12.7. The van der Waals surface area contributed by atoms with Crippen molar-refractivity contribution >= 4 is 46.3 Å². The Morgan fingerprint density at radius 3 is 2.20 bits per heavy atom. The number of nitrogens with zero attached hydrogens (tertiary/aromatic N) is 2. The molecule has 1 aliphatic rings. The van der Waals surface area contributed by atoms with Gasteiger partial charge in [0.2, 0.25) is 0 Å². The fourth-order valence-electron chi connectivity index (χ4n) is 3.17. The summed E-state index contributed by atoms with van der Waals surface area (Å²) in [7, 11) is 0. The Balaban J connectivity index is 1.30. The lowest BCUT2D eigenvalue weighted by atomic mass is 10.2. The molecule has 1 aliphatic heterocycles. The molecule has 1 saturated heterocycles. The van der Waals surface area contributed by atoms with Crippen molar-refractivity contribution in [3.8, 4) is 11.5 Å². The molecule has 0 saturated carbocycles. The third-order valence-electron chi connectivity index (χ3n) is 5.00. The molecule has 0 N–H and O–H groups in total. The molecule has 0 spiro atoms. The lowest BCUT2D eigenvalue weighted by molar-refractivity contribution is -0.384. The number of thioether (sulfide) groups is 1. The molecule has 178 valence electrons. The van der Waals surface area contributed by atoms with Crippen LogP contribution in [0.5, 0.6) is 11.5 Å². The lowest BCUT2D eigenvalue weighted by Crippen LogP contribution is -2.32. The van der Waals surface area contributed by atoms with Crippen LogP contribution in [0.2, 0.25) is 5.02 Å². The van der Waals surface area contributed by atoms with E-state index in [0.29, 0.717) is 21.4 Å². The summed E-state index contributed by atoms with van der Waals surface area (Å²) in [6.45, 7) is 0.572. The number of non-ortho nitro benzene ring substituents is 1. The second kappa shape index (κ2) is 11.1. The summed E-state index contributed by atoms with van der Waals surface area (Å²) in [5.74, 6) is 0.846. The minimum Gasteiger partial charge on any atom is -0.492 e. The Labute approximate surface area is 210 Å². The zero-order valence-electron chi connectivity index (χ0n) is 18.3. The van der Waals surface area contributed by atoms with E-state index in [-0.39, 0.29) is 36.6 Å². The fraction of sp³-hybridized carbons (Fsp3) is 0.120. The second-order valence-corrected chi connectivity index (χ2v) is 8.85. The molecular weight excluding hydrogens is 492 g/mol. The summed E-state index contributed by atoms with van der Waals surface area (Å²) in [6.07, 6.45) is 1.66. The van der Waals surface area contributed by atoms with E-state index in [0.717, 1.165) is 27.8 Å². The highest BCUT2D eigenvalue weighted by Crippen LogP contribution is 2.32. The summed E-state index contributed by atoms with van der Waals surface area (Å²) >= 11 is 6.73. The van der Waals surface area contributed by atoms with Crippen LogP contribution in [0.15, 0.2) is 77.7 Å². The van der Waals surface area contributed by atoms with Gasteiger partial charge in [-0.15, -0.1) is 0 Å². The predicted octanol–water partition coefficient (Wildman–Crippen LogP) is 5.94. The molecule has 10 heteroatoms. The van der Waals surface area contributed by atoms with Crippen LogP contribution < -0.4 is 9.47 Å². The Hall–Kier alpha value is -3.82. The van der Waals surface area contributed by atoms with Crippen molar-refractivity contribution < 1.29 is 24.0 Å². The van der Waals surface area contributed by atoms with Crippen molar-refractivity contribution in [1.29, 1.82) is 0 Å². The van der Waals surface area contributed by atoms with Gasteiger partial charge in [0.15, 0.2) is 0 Å². The molecule has 1 heterocycles. The zero-order valence-corrected chi connectivity index (χ0v) is 19.8. The minimum absolute atomic E-state index is 0.0246. The molecule has 0 aromatic heterocycles. The van der Waals surface area contributed by atoms with Crippen LogP contribution in [0, 0.1) is 10.1 Å². The van der Waals surface area contributed by atoms with Crippen molar-refractivity contribution in [3.63, 3.8) is 0 Å². The second-order valence-electron chi connectivity index (χ2n) is 7.42. The van der Waals surface area contributed by atoms with Crippen molar-refractivity contribution in [2.24, 2.45) is 0 Å². The normalized spacial score (nSPS) is 14.4. The number of rotatable bonds is 9. The van der Waals surface area contributed by atoms with Crippen LogP contribution in [0.25, 0.3) is 6.08 Å². The number of hydrogen-bond donors (Lipinski definition) is 0. The average Bonchev–Trinajstić information content (AvgIpc) is 3.12. The van der Waals surface area contributed by atoms with Crippen molar-refractivity contribution in [3.05, 3.63) is 104 Å². The molecule has 3 aromatic rings. The molecule has 0 radical (unpaired) electrons. The Morgan fingerprint density at radius 1 is 0.914 bits per heavy atom. The summed E-state index contributed by atoms with van der Waals surface area (Å²) in [5.41, 5.74) is 1.57. The molecule has 3 aromatic carbocycles. The highest BCUT2D eigenvalue weighted by atomic mass is 35.5. The number of carbonyl (C=O) groups excluding carboxylic acids is 2. The molecule has 0 bridgehead atoms. The van der Waals surface area contributed by atoms with E-state index in [1.807, 2.05) is 0 Å². The molecular formula is C25H19ClN2O6S. The molecule has 1 fully saturated rings. The SMILES string of the molecule is O=C1S/C(=C\c2ccc(OCc3ccc([N+](=O)[O-])cc3)cc2)C(=O)N1CCOc1ccc(Cl)cc1. The molecule has 8 nitrogen and oxygen atoms in total. The van der Waals surface area contributed by atoms with Crippen molar-refractivity contribution in [2.75, 3.05) is 13.2 Å². The van der Waals surface area contributed by atoms with Crippen LogP contribution in [-0.2, 0) is 11.4 Å². The van der Waals surface area contributed by atoms with Gasteiger partial charge in [-0.05, 0) is 77.5 Å². The van der Waals surface area contributed by atoms with E-state index in [1.54, 1.807) is 66.7 Å². The highest BCUT2D eigenvalue weighted by Gasteiger charge is 2.34. The molecule has 0 atom stereocenters. The maximum atomic E-state index is 12.7. The van der Waals surface area contributed by atoms with E-state index >= 15 is 0 Å². The number of nitro groups is 1. The first kappa shape index (κ1) is 24.3. The molecule has 4 rings (SSSR count). The topological polar surface area (TPSA) is 99.0 Å². The molecule has 35 heavy (non-hydrogen) atoms. The summed E-state index contributed by atoms with van der Waals surface area (Å²) in [4.78, 5) is 36.8. The number of nitro benzene ring substituents is 1. The van der Waals surface area contributed by atoms with Gasteiger partial charge < -0.3 is 9.47 Å². The van der Waals surface area contributed by atoms with Crippen LogP contribution >= 0.6 is 23.4 Å². The van der Waals surface area contributed by atoms with E-state index < -0.39 is 4.92 Å². The summed E-state index contributed by atoms with van der Waals surface area (Å²) < 4.78 is 11.3. The van der Waals surface area contributed by atoms with E-state index in [1.165, 1.54) is 12.1 Å². The predicted molar refractivity (Wildman–Crippen MR) is 133 cm³/mol. The zero-order chi connectivity index (χ0) is 24.8. The smallest absolute Gasteiger partial charge is 0.293 e. The number of amides is 2. The first-order chi connectivity index (χ1) is 16.9. The standard InChI is InChI=1S/C25H19ClN2O6S/c26-19-5-11-21(12-6-19)33-14-13-27-24(29)23(35-25(27)30)15-17-3-9-22(10-4-17)34-16-18-1-7-20(8-2-18)28(31)32/h1-12,15H,13-14,16H2/b23-15-. The van der Waals surface area contributed by atoms with Gasteiger partial charge in [0.1, 0.15) is 24.7 Å². The number of imide groups is 1. The van der Waals surface area contributed by atoms with Gasteiger partial charge in [-0.3, -0.25) is 24.6 Å². The first-order valence-corrected chi connectivity index (χ1v) is 11.7. The molecule has 0 aliphatic carbocycles. The van der Waals surface area contributed by atoms with Crippen molar-refractivity contribution in [1.82, 2.24) is 4.90 Å². The number of benzene rings is 3. The van der Waals surface area contributed by atoms with Crippen LogP contribution in [0.3, 0.4) is 0 Å². The van der Waals surface area contributed by atoms with Crippen LogP contribution in [0.4, 0.5) is 10.5 Å². The van der Waals surface area contributed by atoms with Gasteiger partial charge in [0.25, 0.3) is 16.8 Å². The van der Waals surface area contributed by atoms with E-state index in [9.17, 15) is 19.7 Å². The first-order valence-electron chi connectivity index (χ1n) is 10.5. The average molecular weight is 511 g/mol. The highest BCUT2D eigenvalue weighted by molar-refractivity contribution is 8.18. The van der Waals surface area contributed by atoms with Crippen LogP contribution in [-0.4, -0.2) is 34.1 Å². The Kier molecular flexibility index (Phi) is 7.69. The van der Waals surface area contributed by atoms with E-state index in [2.05, 4.69) is 0 Å². The monoisotopic (exact) mass is 510 g/mol. The van der Waals surface area contributed by atoms with Gasteiger partial charge in [-0.25, -0.2) is 0 Å². The number of hydrogen-bond acceptors (Lipinski definition) is 7. The quantitative estimate of drug-likeness (QED) is 0.199. The Bertz CT molecular complexity index is 1260. The van der Waals surface area contributed by atoms with Gasteiger partial charge >= 0.3 is 0 Å². The van der Waals surface area contributed by atoms with Gasteiger partial charge in [-0.2, -0.15) is 0 Å². The lowest BCUT2D eigenvalue weighted by Gasteiger charge is -2.13. The minimum atomic E-state index is -0.451. The molecule has 0 unspecified atom stereocenters. The van der Waals surface area contributed by atoms with Crippen molar-refractivity contribution in [2.45, 2.75) is 6.61 Å². The fourth-order valence-corrected chi connectivity index (χ4v) is 4.16. The van der Waals surface area contributed by atoms with Gasteiger partial charge in [-0.1, -0.05) is 23.7 Å². The van der Waals surface area contributed by atoms with E-state index in [4.69, 9.17) is 21.1 Å². The van der Waals surface area contributed by atoms with Gasteiger partial charge in [0.05, 0.1) is 16.4 Å². The van der Waals surface area contributed by atoms with Crippen LogP contribution in [0.1, 0.15) is 11.1 Å². The number of carbonyl (C=O) groups is 2. The number of halogens is 1. The third kappa shape index (κ3) is 6.40. The number of ether oxygens (including phenoxy) is 2. The van der Waals surface area contributed by atoms with Gasteiger partial charge in [0, 0.05) is 17.2 Å². The molecule has 2 amide bonds.